The molecular formula is C18H30N2O. The molecule has 0 radical (unpaired) electrons. The van der Waals surface area contributed by atoms with Crippen molar-refractivity contribution in [3.63, 3.8) is 0 Å². The zero-order chi connectivity index (χ0) is 15.1. The Morgan fingerprint density at radius 3 is 2.76 bits per heavy atom. The lowest BCUT2D eigenvalue weighted by molar-refractivity contribution is 0.0928. The van der Waals surface area contributed by atoms with Crippen molar-refractivity contribution in [1.82, 2.24) is 10.2 Å². The van der Waals surface area contributed by atoms with Crippen LogP contribution >= 0.6 is 0 Å². The Morgan fingerprint density at radius 2 is 2.05 bits per heavy atom. The first-order valence-electron chi connectivity index (χ1n) is 8.39. The zero-order valence-corrected chi connectivity index (χ0v) is 13.5. The third-order valence-electron chi connectivity index (χ3n) is 4.75. The van der Waals surface area contributed by atoms with Crippen LogP contribution in [0.25, 0.3) is 0 Å². The molecule has 1 heterocycles. The van der Waals surface area contributed by atoms with Gasteiger partial charge in [0.2, 0.25) is 0 Å². The van der Waals surface area contributed by atoms with Crippen molar-refractivity contribution in [1.29, 1.82) is 0 Å². The Labute approximate surface area is 129 Å². The Balaban J connectivity index is 1.84. The Bertz CT molecular complexity index is 404. The molecular weight excluding hydrogens is 260 g/mol. The molecule has 1 aromatic rings. The second kappa shape index (κ2) is 8.40. The number of phenols is 1. The zero-order valence-electron chi connectivity index (χ0n) is 13.5. The molecule has 2 rings (SSSR count). The molecule has 0 amide bonds. The van der Waals surface area contributed by atoms with E-state index < -0.39 is 0 Å². The maximum absolute atomic E-state index is 9.34. The van der Waals surface area contributed by atoms with Crippen molar-refractivity contribution in [2.75, 3.05) is 20.1 Å². The van der Waals surface area contributed by atoms with E-state index in [1.165, 1.54) is 44.2 Å². The number of nitrogens with zero attached hydrogens (tertiary/aromatic N) is 1. The van der Waals surface area contributed by atoms with Gasteiger partial charge in [-0.05, 0) is 76.9 Å². The van der Waals surface area contributed by atoms with Crippen LogP contribution in [0.5, 0.6) is 5.75 Å². The van der Waals surface area contributed by atoms with Gasteiger partial charge in [-0.15, -0.1) is 0 Å². The number of hydrogen-bond donors (Lipinski definition) is 2. The summed E-state index contributed by atoms with van der Waals surface area (Å²) in [5.74, 6) is 0.356. The van der Waals surface area contributed by atoms with E-state index in [1.807, 2.05) is 19.2 Å². The first-order chi connectivity index (χ1) is 10.2. The van der Waals surface area contributed by atoms with Crippen LogP contribution in [0.1, 0.15) is 44.6 Å². The second-order valence-electron chi connectivity index (χ2n) is 6.33. The van der Waals surface area contributed by atoms with Gasteiger partial charge in [0, 0.05) is 12.1 Å². The predicted octanol–water partition coefficient (Wildman–Crippen LogP) is 3.18. The molecule has 1 fully saturated rings. The van der Waals surface area contributed by atoms with Crippen molar-refractivity contribution >= 4 is 0 Å². The molecule has 3 heteroatoms. The Hall–Kier alpha value is -1.06. The van der Waals surface area contributed by atoms with E-state index in [-0.39, 0.29) is 0 Å². The number of aryl methyl sites for hydroxylation is 1. The van der Waals surface area contributed by atoms with Crippen LogP contribution in [0.15, 0.2) is 24.3 Å². The van der Waals surface area contributed by atoms with Crippen LogP contribution < -0.4 is 5.32 Å². The number of piperidine rings is 1. The average Bonchev–Trinajstić information content (AvgIpc) is 2.52. The van der Waals surface area contributed by atoms with Crippen molar-refractivity contribution in [3.8, 4) is 5.75 Å². The highest BCUT2D eigenvalue weighted by Gasteiger charge is 2.25. The maximum Gasteiger partial charge on any atom is 0.115 e. The van der Waals surface area contributed by atoms with Crippen LogP contribution in [-0.2, 0) is 6.42 Å². The first kappa shape index (κ1) is 16.3. The molecule has 2 atom stereocenters. The van der Waals surface area contributed by atoms with Crippen LogP contribution in [-0.4, -0.2) is 42.2 Å². The monoisotopic (exact) mass is 290 g/mol. The molecule has 0 spiro atoms. The fourth-order valence-electron chi connectivity index (χ4n) is 3.43. The lowest BCUT2D eigenvalue weighted by Crippen LogP contribution is -2.46. The van der Waals surface area contributed by atoms with Crippen molar-refractivity contribution in [3.05, 3.63) is 29.8 Å². The summed E-state index contributed by atoms with van der Waals surface area (Å²) in [7, 11) is 2.04. The summed E-state index contributed by atoms with van der Waals surface area (Å²) in [5.41, 5.74) is 1.32. The molecule has 2 N–H and O–H groups in total. The smallest absolute Gasteiger partial charge is 0.115 e. The number of rotatable bonds is 7. The van der Waals surface area contributed by atoms with Gasteiger partial charge in [0.1, 0.15) is 5.75 Å². The summed E-state index contributed by atoms with van der Waals surface area (Å²) < 4.78 is 0. The molecule has 1 aromatic carbocycles. The first-order valence-corrected chi connectivity index (χ1v) is 8.39. The van der Waals surface area contributed by atoms with E-state index in [1.54, 1.807) is 12.1 Å². The maximum atomic E-state index is 9.34. The van der Waals surface area contributed by atoms with Crippen LogP contribution in [0.2, 0.25) is 0 Å². The van der Waals surface area contributed by atoms with Gasteiger partial charge in [0.15, 0.2) is 0 Å². The van der Waals surface area contributed by atoms with E-state index in [4.69, 9.17) is 0 Å². The minimum Gasteiger partial charge on any atom is -0.508 e. The fourth-order valence-corrected chi connectivity index (χ4v) is 3.43. The molecule has 0 aromatic heterocycles. The van der Waals surface area contributed by atoms with Gasteiger partial charge in [-0.2, -0.15) is 0 Å². The lowest BCUT2D eigenvalue weighted by atomic mass is 9.95. The third kappa shape index (κ3) is 5.01. The largest absolute Gasteiger partial charge is 0.508 e. The third-order valence-corrected chi connectivity index (χ3v) is 4.75. The van der Waals surface area contributed by atoms with Gasteiger partial charge in [-0.25, -0.2) is 0 Å². The van der Waals surface area contributed by atoms with Gasteiger partial charge < -0.3 is 10.4 Å². The molecule has 21 heavy (non-hydrogen) atoms. The molecule has 1 aliphatic heterocycles. The molecule has 1 aliphatic rings. The summed E-state index contributed by atoms with van der Waals surface area (Å²) in [4.78, 5) is 2.72. The van der Waals surface area contributed by atoms with E-state index in [9.17, 15) is 5.11 Å². The number of benzene rings is 1. The second-order valence-corrected chi connectivity index (χ2v) is 6.33. The van der Waals surface area contributed by atoms with Gasteiger partial charge in [0.25, 0.3) is 0 Å². The number of phenolic OH excluding ortho intramolecular Hbond substituents is 1. The average molecular weight is 290 g/mol. The molecule has 2 unspecified atom stereocenters. The highest BCUT2D eigenvalue weighted by Crippen LogP contribution is 2.24. The van der Waals surface area contributed by atoms with Gasteiger partial charge in [-0.1, -0.05) is 18.6 Å². The Morgan fingerprint density at radius 1 is 1.29 bits per heavy atom. The number of aromatic hydroxyl groups is 1. The van der Waals surface area contributed by atoms with Crippen LogP contribution in [0.3, 0.4) is 0 Å². The van der Waals surface area contributed by atoms with Gasteiger partial charge in [-0.3, -0.25) is 4.90 Å². The summed E-state index contributed by atoms with van der Waals surface area (Å²) in [5, 5.41) is 12.6. The minimum absolute atomic E-state index is 0.356. The highest BCUT2D eigenvalue weighted by molar-refractivity contribution is 5.25. The minimum atomic E-state index is 0.356. The molecule has 1 saturated heterocycles. The lowest BCUT2D eigenvalue weighted by Gasteiger charge is -2.40. The van der Waals surface area contributed by atoms with Gasteiger partial charge >= 0.3 is 0 Å². The SMILES string of the molecule is CNCCC1CCCCN1C(C)CCc1ccc(O)cc1. The normalized spacial score (nSPS) is 21.3. The number of nitrogens with one attached hydrogen (secondary N) is 1. The topological polar surface area (TPSA) is 35.5 Å². The Kier molecular flexibility index (Phi) is 6.52. The van der Waals surface area contributed by atoms with Gasteiger partial charge in [0.05, 0.1) is 0 Å². The van der Waals surface area contributed by atoms with Crippen molar-refractivity contribution in [2.24, 2.45) is 0 Å². The number of likely N-dealkylation sites (tertiary alicyclic amines) is 1. The summed E-state index contributed by atoms with van der Waals surface area (Å²) in [6.45, 7) is 4.75. The highest BCUT2D eigenvalue weighted by atomic mass is 16.3. The number of hydrogen-bond acceptors (Lipinski definition) is 3. The van der Waals surface area contributed by atoms with E-state index >= 15 is 0 Å². The van der Waals surface area contributed by atoms with E-state index in [0.29, 0.717) is 11.8 Å². The molecule has 3 nitrogen and oxygen atoms in total. The standard InChI is InChI=1S/C18H30N2O/c1-15(6-7-16-8-10-18(21)11-9-16)20-14-4-3-5-17(20)12-13-19-2/h8-11,15,17,19,21H,3-7,12-14H2,1-2H3. The molecule has 0 saturated carbocycles. The fraction of sp³-hybridized carbons (Fsp3) is 0.667. The molecule has 0 bridgehead atoms. The van der Waals surface area contributed by atoms with Crippen LogP contribution in [0, 0.1) is 0 Å². The quantitative estimate of drug-likeness (QED) is 0.809. The summed E-state index contributed by atoms with van der Waals surface area (Å²) in [6, 6.07) is 9.04. The predicted molar refractivity (Wildman–Crippen MR) is 88.8 cm³/mol. The van der Waals surface area contributed by atoms with Crippen molar-refractivity contribution in [2.45, 2.75) is 57.5 Å². The van der Waals surface area contributed by atoms with E-state index in [0.717, 1.165) is 19.0 Å². The summed E-state index contributed by atoms with van der Waals surface area (Å²) in [6.07, 6.45) is 7.64. The summed E-state index contributed by atoms with van der Waals surface area (Å²) >= 11 is 0. The molecule has 0 aliphatic carbocycles. The molecule has 118 valence electrons. The van der Waals surface area contributed by atoms with Crippen LogP contribution in [0.4, 0.5) is 0 Å². The van der Waals surface area contributed by atoms with E-state index in [2.05, 4.69) is 17.1 Å². The van der Waals surface area contributed by atoms with Crippen molar-refractivity contribution < 1.29 is 5.11 Å².